The fourth-order valence-corrected chi connectivity index (χ4v) is 3.97. The zero-order chi connectivity index (χ0) is 19.6. The van der Waals surface area contributed by atoms with Gasteiger partial charge in [0.1, 0.15) is 0 Å². The van der Waals surface area contributed by atoms with E-state index in [9.17, 15) is 13.2 Å². The van der Waals surface area contributed by atoms with E-state index in [2.05, 4.69) is 0 Å². The van der Waals surface area contributed by atoms with Crippen molar-refractivity contribution in [1.29, 1.82) is 0 Å². The van der Waals surface area contributed by atoms with Crippen molar-refractivity contribution in [1.82, 2.24) is 9.21 Å². The van der Waals surface area contributed by atoms with Gasteiger partial charge in [0.05, 0.1) is 4.90 Å². The van der Waals surface area contributed by atoms with Crippen LogP contribution in [0, 0.1) is 20.8 Å². The number of rotatable bonds is 5. The van der Waals surface area contributed by atoms with Gasteiger partial charge >= 0.3 is 0 Å². The Morgan fingerprint density at radius 1 is 0.962 bits per heavy atom. The van der Waals surface area contributed by atoms with Gasteiger partial charge in [-0.2, -0.15) is 0 Å². The molecule has 2 aromatic carbocycles. The molecular weight excluding hydrogens is 348 g/mol. The quantitative estimate of drug-likeness (QED) is 0.808. The molecule has 2 aromatic rings. The van der Waals surface area contributed by atoms with E-state index in [0.29, 0.717) is 17.7 Å². The number of amides is 1. The third-order valence-electron chi connectivity index (χ3n) is 4.64. The number of sulfonamides is 1. The zero-order valence-corrected chi connectivity index (χ0v) is 17.0. The number of hydrogen-bond donors (Lipinski definition) is 0. The average molecular weight is 375 g/mol. The summed E-state index contributed by atoms with van der Waals surface area (Å²) in [5.74, 6) is -0.202. The van der Waals surface area contributed by atoms with E-state index in [1.807, 2.05) is 38.1 Å². The molecule has 0 aliphatic carbocycles. The first-order valence-corrected chi connectivity index (χ1v) is 9.83. The number of hydrogen-bond acceptors (Lipinski definition) is 3. The van der Waals surface area contributed by atoms with Crippen molar-refractivity contribution in [3.8, 4) is 0 Å². The van der Waals surface area contributed by atoms with E-state index >= 15 is 0 Å². The van der Waals surface area contributed by atoms with E-state index in [4.69, 9.17) is 0 Å². The van der Waals surface area contributed by atoms with Crippen LogP contribution in [-0.4, -0.2) is 44.7 Å². The predicted molar refractivity (Wildman–Crippen MR) is 104 cm³/mol. The highest BCUT2D eigenvalue weighted by molar-refractivity contribution is 7.89. The van der Waals surface area contributed by atoms with Crippen LogP contribution in [0.15, 0.2) is 41.3 Å². The maximum absolute atomic E-state index is 12.9. The highest BCUT2D eigenvalue weighted by atomic mass is 32.2. The van der Waals surface area contributed by atoms with E-state index in [0.717, 1.165) is 16.7 Å². The smallest absolute Gasteiger partial charge is 0.253 e. The van der Waals surface area contributed by atoms with Crippen molar-refractivity contribution in [3.05, 3.63) is 64.2 Å². The molecule has 0 N–H and O–H groups in total. The summed E-state index contributed by atoms with van der Waals surface area (Å²) in [5.41, 5.74) is 4.00. The van der Waals surface area contributed by atoms with Crippen LogP contribution in [0.3, 0.4) is 0 Å². The van der Waals surface area contributed by atoms with Crippen molar-refractivity contribution >= 4 is 15.9 Å². The Labute approximate surface area is 156 Å². The van der Waals surface area contributed by atoms with E-state index in [-0.39, 0.29) is 10.8 Å². The van der Waals surface area contributed by atoms with Crippen LogP contribution >= 0.6 is 0 Å². The Morgan fingerprint density at radius 3 is 2.15 bits per heavy atom. The van der Waals surface area contributed by atoms with Crippen molar-refractivity contribution in [2.24, 2.45) is 0 Å². The van der Waals surface area contributed by atoms with Crippen LogP contribution < -0.4 is 0 Å². The third kappa shape index (κ3) is 3.97. The summed E-state index contributed by atoms with van der Waals surface area (Å²) >= 11 is 0. The van der Waals surface area contributed by atoms with Gasteiger partial charge in [-0.3, -0.25) is 4.79 Å². The van der Waals surface area contributed by atoms with Crippen LogP contribution in [0.2, 0.25) is 0 Å². The van der Waals surface area contributed by atoms with Crippen molar-refractivity contribution in [2.45, 2.75) is 32.2 Å². The molecule has 0 fully saturated rings. The molecule has 0 radical (unpaired) electrons. The van der Waals surface area contributed by atoms with Gasteiger partial charge in [-0.25, -0.2) is 12.7 Å². The maximum Gasteiger partial charge on any atom is 0.253 e. The van der Waals surface area contributed by atoms with Gasteiger partial charge in [0.25, 0.3) is 5.91 Å². The van der Waals surface area contributed by atoms with E-state index in [1.165, 1.54) is 24.5 Å². The number of aryl methyl sites for hydroxylation is 2. The normalized spacial score (nSPS) is 11.7. The van der Waals surface area contributed by atoms with Crippen LogP contribution in [-0.2, 0) is 16.6 Å². The number of carbonyl (C=O) groups excluding carboxylic acids is 1. The highest BCUT2D eigenvalue weighted by Crippen LogP contribution is 2.24. The molecule has 2 rings (SSSR count). The third-order valence-corrected chi connectivity index (χ3v) is 6.58. The second kappa shape index (κ2) is 7.60. The number of nitrogens with zero attached hydrogens (tertiary/aromatic N) is 2. The minimum atomic E-state index is -3.61. The molecule has 0 spiro atoms. The maximum atomic E-state index is 12.9. The van der Waals surface area contributed by atoms with Crippen LogP contribution in [0.4, 0.5) is 0 Å². The molecule has 0 saturated carbocycles. The summed E-state index contributed by atoms with van der Waals surface area (Å²) in [6, 6.07) is 11.1. The Morgan fingerprint density at radius 2 is 1.58 bits per heavy atom. The number of carbonyl (C=O) groups is 1. The fourth-order valence-electron chi connectivity index (χ4n) is 2.75. The summed E-state index contributed by atoms with van der Waals surface area (Å²) in [5, 5.41) is 0. The topological polar surface area (TPSA) is 57.7 Å². The average Bonchev–Trinajstić information content (AvgIpc) is 2.58. The molecule has 0 atom stereocenters. The molecule has 0 bridgehead atoms. The molecule has 1 amide bonds. The van der Waals surface area contributed by atoms with Gasteiger partial charge in [-0.1, -0.05) is 24.3 Å². The van der Waals surface area contributed by atoms with E-state index in [1.54, 1.807) is 24.9 Å². The van der Waals surface area contributed by atoms with Crippen molar-refractivity contribution < 1.29 is 13.2 Å². The molecule has 0 aliphatic rings. The fraction of sp³-hybridized carbons (Fsp3) is 0.350. The summed E-state index contributed by atoms with van der Waals surface area (Å²) < 4.78 is 26.3. The molecule has 6 heteroatoms. The van der Waals surface area contributed by atoms with Gasteiger partial charge < -0.3 is 4.90 Å². The lowest BCUT2D eigenvalue weighted by Crippen LogP contribution is -2.28. The zero-order valence-electron chi connectivity index (χ0n) is 16.2. The first kappa shape index (κ1) is 20.1. The molecule has 5 nitrogen and oxygen atoms in total. The van der Waals surface area contributed by atoms with Crippen molar-refractivity contribution in [2.75, 3.05) is 21.1 Å². The van der Waals surface area contributed by atoms with Crippen LogP contribution in [0.1, 0.15) is 32.6 Å². The molecule has 0 unspecified atom stereocenters. The first-order chi connectivity index (χ1) is 12.1. The van der Waals surface area contributed by atoms with Gasteiger partial charge in [0.15, 0.2) is 0 Å². The van der Waals surface area contributed by atoms with Gasteiger partial charge in [0.2, 0.25) is 10.0 Å². The lowest BCUT2D eigenvalue weighted by molar-refractivity contribution is 0.0784. The lowest BCUT2D eigenvalue weighted by atomic mass is 10.0. The first-order valence-electron chi connectivity index (χ1n) is 8.39. The second-order valence-electron chi connectivity index (χ2n) is 6.79. The summed E-state index contributed by atoms with van der Waals surface area (Å²) in [6.45, 7) is 6.05. The monoisotopic (exact) mass is 374 g/mol. The Bertz CT molecular complexity index is 934. The summed E-state index contributed by atoms with van der Waals surface area (Å²) in [4.78, 5) is 14.7. The predicted octanol–water partition coefficient (Wildman–Crippen LogP) is 3.13. The number of benzene rings is 2. The molecule has 0 aromatic heterocycles. The molecule has 140 valence electrons. The summed E-state index contributed by atoms with van der Waals surface area (Å²) in [6.07, 6.45) is 0. The molecule has 26 heavy (non-hydrogen) atoms. The molecule has 0 saturated heterocycles. The Balaban J connectivity index is 2.41. The molecule has 0 heterocycles. The Hall–Kier alpha value is -2.18. The van der Waals surface area contributed by atoms with Gasteiger partial charge in [-0.15, -0.1) is 0 Å². The van der Waals surface area contributed by atoms with E-state index < -0.39 is 10.0 Å². The van der Waals surface area contributed by atoms with Crippen molar-refractivity contribution in [3.63, 3.8) is 0 Å². The highest BCUT2D eigenvalue weighted by Gasteiger charge is 2.24. The van der Waals surface area contributed by atoms with Gasteiger partial charge in [-0.05, 0) is 55.2 Å². The molecular formula is C20H26N2O3S. The van der Waals surface area contributed by atoms with Gasteiger partial charge in [0, 0.05) is 33.3 Å². The Kier molecular flexibility index (Phi) is 5.88. The standard InChI is InChI=1S/C20H26N2O3S/c1-14-9-7-8-10-17(14)13-22(6)20(23)18-11-15(2)16(3)19(12-18)26(24,25)21(4)5/h7-12H,13H2,1-6H3. The van der Waals surface area contributed by atoms with Crippen LogP contribution in [0.5, 0.6) is 0 Å². The lowest BCUT2D eigenvalue weighted by Gasteiger charge is -2.21. The van der Waals surface area contributed by atoms with Crippen LogP contribution in [0.25, 0.3) is 0 Å². The SMILES string of the molecule is Cc1ccccc1CN(C)C(=O)c1cc(C)c(C)c(S(=O)(=O)N(C)C)c1. The minimum Gasteiger partial charge on any atom is -0.337 e. The molecule has 0 aliphatic heterocycles. The summed E-state index contributed by atoms with van der Waals surface area (Å²) in [7, 11) is 1.09. The minimum absolute atomic E-state index is 0.176. The largest absolute Gasteiger partial charge is 0.337 e. The second-order valence-corrected chi connectivity index (χ2v) is 8.91.